The Morgan fingerprint density at radius 2 is 2.00 bits per heavy atom. The van der Waals surface area contributed by atoms with E-state index in [4.69, 9.17) is 13.6 Å². The van der Waals surface area contributed by atoms with Gasteiger partial charge in [-0.05, 0) is 26.3 Å². The third-order valence-electron chi connectivity index (χ3n) is 4.16. The third kappa shape index (κ3) is 3.79. The SMILES string of the molecule is CNC(=O)c1coc(=O)c2cc(C)[nH]c12.Cc1cc(=O)oc2c1OCCC2. The third-order valence-corrected chi connectivity index (χ3v) is 4.16. The summed E-state index contributed by atoms with van der Waals surface area (Å²) in [5.74, 6) is 1.18. The Kier molecular flexibility index (Phi) is 5.16. The second-order valence-corrected chi connectivity index (χ2v) is 6.21. The van der Waals surface area contributed by atoms with Crippen LogP contribution in [-0.4, -0.2) is 24.5 Å². The average Bonchev–Trinajstić information content (AvgIpc) is 3.04. The van der Waals surface area contributed by atoms with Crippen molar-refractivity contribution in [3.63, 3.8) is 0 Å². The highest BCUT2D eigenvalue weighted by Crippen LogP contribution is 2.26. The van der Waals surface area contributed by atoms with Crippen LogP contribution in [-0.2, 0) is 6.42 Å². The van der Waals surface area contributed by atoms with Crippen molar-refractivity contribution in [2.75, 3.05) is 13.7 Å². The molecule has 3 aromatic rings. The summed E-state index contributed by atoms with van der Waals surface area (Å²) in [5, 5.41) is 2.88. The van der Waals surface area contributed by atoms with Gasteiger partial charge < -0.3 is 23.9 Å². The van der Waals surface area contributed by atoms with E-state index in [1.54, 1.807) is 6.07 Å². The Morgan fingerprint density at radius 1 is 1.22 bits per heavy atom. The van der Waals surface area contributed by atoms with E-state index in [-0.39, 0.29) is 11.5 Å². The minimum Gasteiger partial charge on any atom is -0.490 e. The number of H-pyrrole nitrogens is 1. The first-order chi connectivity index (χ1) is 12.9. The molecule has 0 unspecified atom stereocenters. The maximum Gasteiger partial charge on any atom is 0.345 e. The van der Waals surface area contributed by atoms with Crippen LogP contribution in [0.25, 0.3) is 10.9 Å². The molecule has 1 amide bonds. The normalized spacial score (nSPS) is 12.6. The van der Waals surface area contributed by atoms with Gasteiger partial charge in [0.2, 0.25) is 0 Å². The largest absolute Gasteiger partial charge is 0.490 e. The number of ether oxygens (including phenoxy) is 1. The van der Waals surface area contributed by atoms with Gasteiger partial charge in [0.05, 0.1) is 23.1 Å². The van der Waals surface area contributed by atoms with Gasteiger partial charge in [-0.25, -0.2) is 9.59 Å². The molecule has 8 nitrogen and oxygen atoms in total. The number of aryl methyl sites for hydroxylation is 3. The molecule has 4 heterocycles. The minimum absolute atomic E-state index is 0.281. The van der Waals surface area contributed by atoms with Gasteiger partial charge in [-0.2, -0.15) is 0 Å². The summed E-state index contributed by atoms with van der Waals surface area (Å²) in [6.07, 6.45) is 2.91. The molecule has 0 aliphatic carbocycles. The summed E-state index contributed by atoms with van der Waals surface area (Å²) < 4.78 is 15.1. The van der Waals surface area contributed by atoms with Crippen LogP contribution in [0.15, 0.2) is 36.8 Å². The molecule has 1 aliphatic rings. The molecule has 2 N–H and O–H groups in total. The van der Waals surface area contributed by atoms with E-state index < -0.39 is 5.63 Å². The molecule has 4 rings (SSSR count). The molecule has 0 bridgehead atoms. The average molecular weight is 372 g/mol. The number of rotatable bonds is 1. The smallest absolute Gasteiger partial charge is 0.345 e. The fraction of sp³-hybridized carbons (Fsp3) is 0.316. The molecule has 0 spiro atoms. The number of aromatic amines is 1. The van der Waals surface area contributed by atoms with E-state index in [9.17, 15) is 14.4 Å². The molecule has 8 heteroatoms. The lowest BCUT2D eigenvalue weighted by Gasteiger charge is -2.16. The first kappa shape index (κ1) is 18.5. The van der Waals surface area contributed by atoms with Crippen molar-refractivity contribution in [1.82, 2.24) is 10.3 Å². The first-order valence-corrected chi connectivity index (χ1v) is 8.50. The van der Waals surface area contributed by atoms with Crippen LogP contribution in [0.5, 0.6) is 5.75 Å². The van der Waals surface area contributed by atoms with Crippen molar-refractivity contribution in [3.8, 4) is 5.75 Å². The van der Waals surface area contributed by atoms with Gasteiger partial charge >= 0.3 is 11.3 Å². The van der Waals surface area contributed by atoms with E-state index >= 15 is 0 Å². The first-order valence-electron chi connectivity index (χ1n) is 8.50. The zero-order valence-corrected chi connectivity index (χ0v) is 15.3. The fourth-order valence-corrected chi connectivity index (χ4v) is 2.92. The van der Waals surface area contributed by atoms with Crippen molar-refractivity contribution in [2.24, 2.45) is 0 Å². The lowest BCUT2D eigenvalue weighted by molar-refractivity contribution is 0.0962. The van der Waals surface area contributed by atoms with Crippen LogP contribution in [0.3, 0.4) is 0 Å². The topological polar surface area (TPSA) is 115 Å². The van der Waals surface area contributed by atoms with Gasteiger partial charge in [0.25, 0.3) is 5.91 Å². The standard InChI is InChI=1S/C10H10N2O3.C9H10O3/c1-5-3-6-8(12-5)7(9(13)11-2)4-15-10(6)14;1-6-5-8(10)12-7-3-2-4-11-9(6)7/h3-4,12H,1-2H3,(H,11,13);5H,2-4H2,1H3. The maximum absolute atomic E-state index is 11.5. The summed E-state index contributed by atoms with van der Waals surface area (Å²) in [7, 11) is 1.52. The summed E-state index contributed by atoms with van der Waals surface area (Å²) in [4.78, 5) is 36.7. The molecular weight excluding hydrogens is 352 g/mol. The van der Waals surface area contributed by atoms with Gasteiger partial charge in [-0.1, -0.05) is 0 Å². The van der Waals surface area contributed by atoms with Crippen LogP contribution >= 0.6 is 0 Å². The van der Waals surface area contributed by atoms with Crippen LogP contribution in [0.4, 0.5) is 0 Å². The molecule has 27 heavy (non-hydrogen) atoms. The monoisotopic (exact) mass is 372 g/mol. The van der Waals surface area contributed by atoms with Crippen molar-refractivity contribution >= 4 is 16.8 Å². The van der Waals surface area contributed by atoms with E-state index in [1.807, 2.05) is 13.8 Å². The van der Waals surface area contributed by atoms with Crippen molar-refractivity contribution in [2.45, 2.75) is 26.7 Å². The van der Waals surface area contributed by atoms with Crippen LogP contribution in [0.1, 0.15) is 33.8 Å². The lowest BCUT2D eigenvalue weighted by atomic mass is 10.1. The quantitative estimate of drug-likeness (QED) is 0.676. The second-order valence-electron chi connectivity index (χ2n) is 6.21. The van der Waals surface area contributed by atoms with E-state index in [0.717, 1.165) is 36.5 Å². The Morgan fingerprint density at radius 3 is 2.74 bits per heavy atom. The Hall–Kier alpha value is -3.29. The highest BCUT2D eigenvalue weighted by molar-refractivity contribution is 6.04. The number of amides is 1. The lowest BCUT2D eigenvalue weighted by Crippen LogP contribution is -2.19. The number of carbonyl (C=O) groups excluding carboxylic acids is 1. The highest BCUT2D eigenvalue weighted by atomic mass is 16.5. The van der Waals surface area contributed by atoms with Crippen molar-refractivity contribution in [3.05, 3.63) is 61.8 Å². The predicted octanol–water partition coefficient (Wildman–Crippen LogP) is 2.06. The number of fused-ring (bicyclic) bond motifs is 2. The Balaban J connectivity index is 0.000000159. The molecule has 0 saturated carbocycles. The minimum atomic E-state index is -0.443. The summed E-state index contributed by atoms with van der Waals surface area (Å²) >= 11 is 0. The zero-order valence-electron chi connectivity index (χ0n) is 15.3. The van der Waals surface area contributed by atoms with Crippen molar-refractivity contribution < 1.29 is 18.4 Å². The Bertz CT molecular complexity index is 1110. The fourth-order valence-electron chi connectivity index (χ4n) is 2.92. The molecule has 142 valence electrons. The second kappa shape index (κ2) is 7.53. The van der Waals surface area contributed by atoms with E-state index in [2.05, 4.69) is 10.3 Å². The van der Waals surface area contributed by atoms with Gasteiger partial charge in [0.15, 0.2) is 11.5 Å². The Labute approximate surface area is 154 Å². The summed E-state index contributed by atoms with van der Waals surface area (Å²) in [6, 6.07) is 3.12. The van der Waals surface area contributed by atoms with Crippen LogP contribution in [0, 0.1) is 13.8 Å². The summed E-state index contributed by atoms with van der Waals surface area (Å²) in [6.45, 7) is 4.40. The highest BCUT2D eigenvalue weighted by Gasteiger charge is 2.16. The number of carbonyl (C=O) groups is 1. The number of aromatic nitrogens is 1. The van der Waals surface area contributed by atoms with Crippen LogP contribution < -0.4 is 21.3 Å². The number of hydrogen-bond donors (Lipinski definition) is 2. The molecule has 0 fully saturated rings. The van der Waals surface area contributed by atoms with E-state index in [0.29, 0.717) is 22.2 Å². The summed E-state index contributed by atoms with van der Waals surface area (Å²) in [5.41, 5.74) is 1.82. The van der Waals surface area contributed by atoms with Gasteiger partial charge in [0.1, 0.15) is 6.26 Å². The van der Waals surface area contributed by atoms with Gasteiger partial charge in [-0.15, -0.1) is 0 Å². The maximum atomic E-state index is 11.5. The molecule has 3 aromatic heterocycles. The zero-order chi connectivity index (χ0) is 19.6. The van der Waals surface area contributed by atoms with Gasteiger partial charge in [-0.3, -0.25) is 4.79 Å². The number of hydrogen-bond acceptors (Lipinski definition) is 6. The van der Waals surface area contributed by atoms with Crippen molar-refractivity contribution in [1.29, 1.82) is 0 Å². The van der Waals surface area contributed by atoms with Gasteiger partial charge in [0, 0.05) is 30.8 Å². The molecule has 1 aliphatic heterocycles. The number of nitrogens with one attached hydrogen (secondary N) is 2. The molecule has 0 atom stereocenters. The van der Waals surface area contributed by atoms with Crippen LogP contribution in [0.2, 0.25) is 0 Å². The predicted molar refractivity (Wildman–Crippen MR) is 98.5 cm³/mol. The molecule has 0 radical (unpaired) electrons. The van der Waals surface area contributed by atoms with E-state index in [1.165, 1.54) is 19.4 Å². The molecule has 0 aromatic carbocycles. The molecule has 0 saturated heterocycles. The molecular formula is C19H20N2O6.